The lowest BCUT2D eigenvalue weighted by atomic mass is 10.1. The minimum absolute atomic E-state index is 0.0164. The highest BCUT2D eigenvalue weighted by Crippen LogP contribution is 2.11. The number of para-hydroxylation sites is 2. The number of aryl methyl sites for hydroxylation is 1. The number of hydrogen-bond donors (Lipinski definition) is 1. The molecular formula is C16H23N3O. The second-order valence-electron chi connectivity index (χ2n) is 5.14. The van der Waals surface area contributed by atoms with Crippen molar-refractivity contribution in [3.8, 4) is 0 Å². The quantitative estimate of drug-likeness (QED) is 0.879. The van der Waals surface area contributed by atoms with Crippen LogP contribution < -0.4 is 10.9 Å². The molecule has 0 saturated heterocycles. The van der Waals surface area contributed by atoms with Crippen LogP contribution in [0.15, 0.2) is 29.1 Å². The Morgan fingerprint density at radius 2 is 2.05 bits per heavy atom. The van der Waals surface area contributed by atoms with Crippen molar-refractivity contribution in [1.29, 1.82) is 0 Å². The van der Waals surface area contributed by atoms with Crippen LogP contribution in [0.1, 0.15) is 32.4 Å². The molecular weight excluding hydrogens is 250 g/mol. The van der Waals surface area contributed by atoms with Gasteiger partial charge in [0.25, 0.3) is 5.56 Å². The first-order valence-corrected chi connectivity index (χ1v) is 7.37. The predicted molar refractivity (Wildman–Crippen MR) is 83.1 cm³/mol. The molecule has 4 heteroatoms. The van der Waals surface area contributed by atoms with Gasteiger partial charge >= 0.3 is 0 Å². The Balaban J connectivity index is 2.46. The molecule has 4 nitrogen and oxygen atoms in total. The standard InChI is InChI=1S/C16H23N3O/c1-4-8-13(17-5-2)11-19-15-10-7-6-9-14(15)18-12(3)16(19)20/h6-7,9-10,13,17H,4-5,8,11H2,1-3H3. The Bertz CT molecular complexity index is 627. The maximum atomic E-state index is 12.4. The Morgan fingerprint density at radius 3 is 2.75 bits per heavy atom. The maximum Gasteiger partial charge on any atom is 0.272 e. The van der Waals surface area contributed by atoms with Crippen LogP contribution in [0, 0.1) is 6.92 Å². The number of nitrogens with zero attached hydrogens (tertiary/aromatic N) is 2. The molecule has 0 aliphatic carbocycles. The summed E-state index contributed by atoms with van der Waals surface area (Å²) >= 11 is 0. The van der Waals surface area contributed by atoms with Gasteiger partial charge in [0, 0.05) is 12.6 Å². The predicted octanol–water partition coefficient (Wildman–Crippen LogP) is 2.48. The van der Waals surface area contributed by atoms with Crippen molar-refractivity contribution < 1.29 is 0 Å². The fraction of sp³-hybridized carbons (Fsp3) is 0.500. The van der Waals surface area contributed by atoms with Crippen LogP contribution in [-0.2, 0) is 6.54 Å². The molecule has 1 unspecified atom stereocenters. The summed E-state index contributed by atoms with van der Waals surface area (Å²) in [6.07, 6.45) is 2.17. The van der Waals surface area contributed by atoms with Gasteiger partial charge < -0.3 is 9.88 Å². The summed E-state index contributed by atoms with van der Waals surface area (Å²) in [6.45, 7) is 7.67. The number of benzene rings is 1. The minimum Gasteiger partial charge on any atom is -0.312 e. The smallest absolute Gasteiger partial charge is 0.272 e. The van der Waals surface area contributed by atoms with Crippen LogP contribution in [0.25, 0.3) is 11.0 Å². The minimum atomic E-state index is 0.0164. The van der Waals surface area contributed by atoms with Crippen molar-refractivity contribution in [3.05, 3.63) is 40.3 Å². The fourth-order valence-corrected chi connectivity index (χ4v) is 2.62. The zero-order valence-corrected chi connectivity index (χ0v) is 12.5. The van der Waals surface area contributed by atoms with Crippen molar-refractivity contribution in [2.75, 3.05) is 6.54 Å². The van der Waals surface area contributed by atoms with Crippen LogP contribution in [0.5, 0.6) is 0 Å². The highest BCUT2D eigenvalue weighted by atomic mass is 16.1. The van der Waals surface area contributed by atoms with Crippen LogP contribution in [0.3, 0.4) is 0 Å². The van der Waals surface area contributed by atoms with E-state index < -0.39 is 0 Å². The maximum absolute atomic E-state index is 12.4. The molecule has 0 aliphatic heterocycles. The van der Waals surface area contributed by atoms with Gasteiger partial charge in [-0.05, 0) is 32.0 Å². The van der Waals surface area contributed by atoms with Gasteiger partial charge in [0.1, 0.15) is 5.69 Å². The number of hydrogen-bond acceptors (Lipinski definition) is 3. The van der Waals surface area contributed by atoms with E-state index in [0.29, 0.717) is 18.3 Å². The molecule has 1 aromatic heterocycles. The van der Waals surface area contributed by atoms with Gasteiger partial charge in [-0.2, -0.15) is 0 Å². The van der Waals surface area contributed by atoms with Gasteiger partial charge in [0.05, 0.1) is 11.0 Å². The van der Waals surface area contributed by atoms with Crippen molar-refractivity contribution in [2.45, 2.75) is 46.2 Å². The fourth-order valence-electron chi connectivity index (χ4n) is 2.62. The van der Waals surface area contributed by atoms with E-state index in [-0.39, 0.29) is 5.56 Å². The molecule has 20 heavy (non-hydrogen) atoms. The third-order valence-electron chi connectivity index (χ3n) is 3.55. The Hall–Kier alpha value is -1.68. The highest BCUT2D eigenvalue weighted by molar-refractivity contribution is 5.74. The Labute approximate surface area is 119 Å². The SMILES string of the molecule is CCCC(Cn1c(=O)c(C)nc2ccccc21)NCC. The van der Waals surface area contributed by atoms with Gasteiger partial charge in [-0.15, -0.1) is 0 Å². The van der Waals surface area contributed by atoms with Crippen molar-refractivity contribution in [3.63, 3.8) is 0 Å². The monoisotopic (exact) mass is 273 g/mol. The van der Waals surface area contributed by atoms with E-state index in [9.17, 15) is 4.79 Å². The number of likely N-dealkylation sites (N-methyl/N-ethyl adjacent to an activating group) is 1. The van der Waals surface area contributed by atoms with Gasteiger partial charge in [-0.25, -0.2) is 4.98 Å². The first-order chi connectivity index (χ1) is 9.67. The normalized spacial score (nSPS) is 12.8. The third-order valence-corrected chi connectivity index (χ3v) is 3.55. The summed E-state index contributed by atoms with van der Waals surface area (Å²) in [7, 11) is 0. The summed E-state index contributed by atoms with van der Waals surface area (Å²) in [5, 5.41) is 3.46. The second kappa shape index (κ2) is 6.66. The van der Waals surface area contributed by atoms with Gasteiger partial charge in [-0.1, -0.05) is 32.4 Å². The molecule has 1 atom stereocenters. The zero-order valence-electron chi connectivity index (χ0n) is 12.5. The van der Waals surface area contributed by atoms with Gasteiger partial charge in [-0.3, -0.25) is 4.79 Å². The molecule has 108 valence electrons. The summed E-state index contributed by atoms with van der Waals surface area (Å²) < 4.78 is 1.86. The van der Waals surface area contributed by atoms with E-state index in [1.54, 1.807) is 6.92 Å². The first-order valence-electron chi connectivity index (χ1n) is 7.37. The molecule has 0 amide bonds. The van der Waals surface area contributed by atoms with E-state index in [0.717, 1.165) is 30.4 Å². The van der Waals surface area contributed by atoms with E-state index >= 15 is 0 Å². The molecule has 1 heterocycles. The molecule has 0 aliphatic rings. The van der Waals surface area contributed by atoms with Crippen molar-refractivity contribution in [1.82, 2.24) is 14.9 Å². The molecule has 2 aromatic rings. The molecule has 1 aromatic carbocycles. The topological polar surface area (TPSA) is 46.9 Å². The first kappa shape index (κ1) is 14.7. The van der Waals surface area contributed by atoms with Crippen LogP contribution in [-0.4, -0.2) is 22.1 Å². The lowest BCUT2D eigenvalue weighted by Gasteiger charge is -2.20. The molecule has 0 bridgehead atoms. The number of aromatic nitrogens is 2. The average Bonchev–Trinajstić information content (AvgIpc) is 2.44. The van der Waals surface area contributed by atoms with Crippen molar-refractivity contribution in [2.24, 2.45) is 0 Å². The van der Waals surface area contributed by atoms with Gasteiger partial charge in [0.15, 0.2) is 0 Å². The van der Waals surface area contributed by atoms with Crippen LogP contribution in [0.2, 0.25) is 0 Å². The van der Waals surface area contributed by atoms with E-state index in [1.165, 1.54) is 0 Å². The number of rotatable bonds is 6. The summed E-state index contributed by atoms with van der Waals surface area (Å²) in [5.74, 6) is 0. The zero-order chi connectivity index (χ0) is 14.5. The Morgan fingerprint density at radius 1 is 1.30 bits per heavy atom. The lowest BCUT2D eigenvalue weighted by molar-refractivity contribution is 0.428. The summed E-state index contributed by atoms with van der Waals surface area (Å²) in [4.78, 5) is 16.8. The molecule has 1 N–H and O–H groups in total. The van der Waals surface area contributed by atoms with Crippen LogP contribution in [0.4, 0.5) is 0 Å². The van der Waals surface area contributed by atoms with E-state index in [4.69, 9.17) is 0 Å². The van der Waals surface area contributed by atoms with E-state index in [2.05, 4.69) is 24.1 Å². The highest BCUT2D eigenvalue weighted by Gasteiger charge is 2.12. The van der Waals surface area contributed by atoms with E-state index in [1.807, 2.05) is 28.8 Å². The van der Waals surface area contributed by atoms with Gasteiger partial charge in [0.2, 0.25) is 0 Å². The summed E-state index contributed by atoms with van der Waals surface area (Å²) in [5.41, 5.74) is 2.39. The van der Waals surface area contributed by atoms with Crippen LogP contribution >= 0.6 is 0 Å². The van der Waals surface area contributed by atoms with Crippen molar-refractivity contribution >= 4 is 11.0 Å². The number of fused-ring (bicyclic) bond motifs is 1. The lowest BCUT2D eigenvalue weighted by Crippen LogP contribution is -2.37. The molecule has 2 rings (SSSR count). The molecule has 0 radical (unpaired) electrons. The average molecular weight is 273 g/mol. The Kier molecular flexibility index (Phi) is 4.90. The summed E-state index contributed by atoms with van der Waals surface area (Å²) in [6, 6.07) is 8.17. The number of nitrogens with one attached hydrogen (secondary N) is 1. The second-order valence-corrected chi connectivity index (χ2v) is 5.14. The third kappa shape index (κ3) is 3.07. The largest absolute Gasteiger partial charge is 0.312 e. The molecule has 0 spiro atoms. The molecule has 0 saturated carbocycles. The molecule has 0 fully saturated rings.